The smallest absolute Gasteiger partial charge is 0.387 e. The van der Waals surface area contributed by atoms with E-state index in [4.69, 9.17) is 4.74 Å². The van der Waals surface area contributed by atoms with Gasteiger partial charge < -0.3 is 14.6 Å². The van der Waals surface area contributed by atoms with Crippen LogP contribution >= 0.6 is 0 Å². The van der Waals surface area contributed by atoms with Gasteiger partial charge in [0.05, 0.1) is 13.7 Å². The van der Waals surface area contributed by atoms with Crippen molar-refractivity contribution in [3.8, 4) is 11.5 Å². The number of aliphatic hydroxyl groups excluding tert-OH is 1. The molecule has 1 fully saturated rings. The number of likely N-dealkylation sites (tertiary alicyclic amines) is 1. The first-order chi connectivity index (χ1) is 13.5. The van der Waals surface area contributed by atoms with Crippen molar-refractivity contribution in [3.05, 3.63) is 59.7 Å². The summed E-state index contributed by atoms with van der Waals surface area (Å²) < 4.78 is 35.3. The second kappa shape index (κ2) is 9.34. The van der Waals surface area contributed by atoms with Gasteiger partial charge in [-0.25, -0.2) is 0 Å². The van der Waals surface area contributed by atoms with E-state index in [-0.39, 0.29) is 17.8 Å². The van der Waals surface area contributed by atoms with E-state index in [0.717, 1.165) is 42.7 Å². The van der Waals surface area contributed by atoms with Crippen LogP contribution in [0.25, 0.3) is 0 Å². The van der Waals surface area contributed by atoms with E-state index in [1.165, 1.54) is 0 Å². The maximum absolute atomic E-state index is 12.7. The Hall–Kier alpha value is -2.18. The first kappa shape index (κ1) is 20.6. The third-order valence-corrected chi connectivity index (χ3v) is 5.37. The second-order valence-corrected chi connectivity index (χ2v) is 7.49. The van der Waals surface area contributed by atoms with Crippen molar-refractivity contribution < 1.29 is 23.4 Å². The summed E-state index contributed by atoms with van der Waals surface area (Å²) in [5.41, 5.74) is 1.60. The zero-order valence-electron chi connectivity index (χ0n) is 16.1. The van der Waals surface area contributed by atoms with E-state index in [1.807, 2.05) is 36.4 Å². The van der Waals surface area contributed by atoms with Gasteiger partial charge in [-0.1, -0.05) is 30.3 Å². The van der Waals surface area contributed by atoms with Crippen molar-refractivity contribution in [2.45, 2.75) is 32.4 Å². The van der Waals surface area contributed by atoms with Crippen molar-refractivity contribution >= 4 is 0 Å². The van der Waals surface area contributed by atoms with Crippen molar-refractivity contribution in [3.63, 3.8) is 0 Å². The lowest BCUT2D eigenvalue weighted by molar-refractivity contribution is -0.0511. The van der Waals surface area contributed by atoms with Gasteiger partial charge in [-0.3, -0.25) is 4.90 Å². The lowest BCUT2D eigenvalue weighted by Crippen LogP contribution is -2.46. The highest BCUT2D eigenvalue weighted by molar-refractivity contribution is 5.33. The number of rotatable bonds is 8. The van der Waals surface area contributed by atoms with Crippen LogP contribution in [0.2, 0.25) is 0 Å². The highest BCUT2D eigenvalue weighted by Gasteiger charge is 2.35. The van der Waals surface area contributed by atoms with Gasteiger partial charge in [-0.15, -0.1) is 0 Å². The number of alkyl halides is 2. The SMILES string of the molecule is COc1cccc(CC2(CO)CCCN(Cc3ccccc3OC(F)F)C2)c1. The molecule has 0 spiro atoms. The molecule has 1 atom stereocenters. The Balaban J connectivity index is 1.73. The van der Waals surface area contributed by atoms with Gasteiger partial charge in [0.15, 0.2) is 0 Å². The first-order valence-corrected chi connectivity index (χ1v) is 9.52. The van der Waals surface area contributed by atoms with Crippen molar-refractivity contribution in [1.29, 1.82) is 0 Å². The molecule has 0 aromatic heterocycles. The van der Waals surface area contributed by atoms with E-state index in [2.05, 4.69) is 9.64 Å². The Labute approximate surface area is 164 Å². The monoisotopic (exact) mass is 391 g/mol. The van der Waals surface area contributed by atoms with Gasteiger partial charge in [0, 0.05) is 24.1 Å². The number of hydrogen-bond donors (Lipinski definition) is 1. The number of piperidine rings is 1. The third-order valence-electron chi connectivity index (χ3n) is 5.37. The van der Waals surface area contributed by atoms with Crippen LogP contribution in [0, 0.1) is 5.41 Å². The zero-order valence-corrected chi connectivity index (χ0v) is 16.1. The Bertz CT molecular complexity index is 771. The summed E-state index contributed by atoms with van der Waals surface area (Å²) >= 11 is 0. The second-order valence-electron chi connectivity index (χ2n) is 7.49. The van der Waals surface area contributed by atoms with Gasteiger partial charge in [0.1, 0.15) is 11.5 Å². The molecule has 0 saturated carbocycles. The molecule has 0 amide bonds. The van der Waals surface area contributed by atoms with Crippen molar-refractivity contribution in [2.75, 3.05) is 26.8 Å². The summed E-state index contributed by atoms with van der Waals surface area (Å²) in [6.07, 6.45) is 2.61. The summed E-state index contributed by atoms with van der Waals surface area (Å²) in [7, 11) is 1.64. The quantitative estimate of drug-likeness (QED) is 0.735. The summed E-state index contributed by atoms with van der Waals surface area (Å²) in [5, 5.41) is 10.2. The fourth-order valence-corrected chi connectivity index (χ4v) is 4.08. The van der Waals surface area contributed by atoms with Gasteiger partial charge in [0.2, 0.25) is 0 Å². The zero-order chi connectivity index (χ0) is 20.0. The van der Waals surface area contributed by atoms with E-state index in [1.54, 1.807) is 19.2 Å². The minimum atomic E-state index is -2.84. The predicted molar refractivity (Wildman–Crippen MR) is 104 cm³/mol. The summed E-state index contributed by atoms with van der Waals surface area (Å²) in [6, 6.07) is 14.8. The summed E-state index contributed by atoms with van der Waals surface area (Å²) in [6.45, 7) is -0.683. The Morgan fingerprint density at radius 1 is 1.18 bits per heavy atom. The predicted octanol–water partition coefficient (Wildman–Crippen LogP) is 4.11. The molecule has 6 heteroatoms. The van der Waals surface area contributed by atoms with Crippen LogP contribution in [-0.2, 0) is 13.0 Å². The molecule has 1 heterocycles. The standard InChI is InChI=1S/C22H27F2NO3/c1-27-19-8-4-6-17(12-19)13-22(16-26)10-5-11-25(15-22)14-18-7-2-3-9-20(18)28-21(23)24/h2-4,6-9,12,21,26H,5,10-11,13-16H2,1H3. The Morgan fingerprint density at radius 2 is 2.00 bits per heavy atom. The number of ether oxygens (including phenoxy) is 2. The molecule has 1 aliphatic heterocycles. The highest BCUT2D eigenvalue weighted by Crippen LogP contribution is 2.35. The number of methoxy groups -OCH3 is 1. The van der Waals surface area contributed by atoms with Crippen LogP contribution in [0.3, 0.4) is 0 Å². The third kappa shape index (κ3) is 5.20. The minimum Gasteiger partial charge on any atom is -0.497 e. The van der Waals surface area contributed by atoms with Crippen LogP contribution in [-0.4, -0.2) is 43.4 Å². The Kier molecular flexibility index (Phi) is 6.86. The minimum absolute atomic E-state index is 0.0793. The summed E-state index contributed by atoms with van der Waals surface area (Å²) in [4.78, 5) is 2.22. The molecule has 152 valence electrons. The highest BCUT2D eigenvalue weighted by atomic mass is 19.3. The number of aliphatic hydroxyl groups is 1. The van der Waals surface area contributed by atoms with E-state index >= 15 is 0 Å². The largest absolute Gasteiger partial charge is 0.497 e. The number of para-hydroxylation sites is 1. The first-order valence-electron chi connectivity index (χ1n) is 9.52. The molecule has 28 heavy (non-hydrogen) atoms. The maximum Gasteiger partial charge on any atom is 0.387 e. The normalized spacial score (nSPS) is 20.3. The van der Waals surface area contributed by atoms with Crippen LogP contribution in [0.5, 0.6) is 11.5 Å². The number of hydrogen-bond acceptors (Lipinski definition) is 4. The summed E-state index contributed by atoms with van der Waals surface area (Å²) in [5.74, 6) is 1.02. The molecule has 1 saturated heterocycles. The molecular weight excluding hydrogens is 364 g/mol. The number of halogens is 2. The fraction of sp³-hybridized carbons (Fsp3) is 0.455. The molecule has 1 aliphatic rings. The molecule has 2 aromatic carbocycles. The van der Waals surface area contributed by atoms with Crippen molar-refractivity contribution in [1.82, 2.24) is 4.90 Å². The topological polar surface area (TPSA) is 41.9 Å². The molecule has 0 radical (unpaired) electrons. The molecule has 1 N–H and O–H groups in total. The molecule has 0 bridgehead atoms. The number of benzene rings is 2. The van der Waals surface area contributed by atoms with Crippen LogP contribution < -0.4 is 9.47 Å². The van der Waals surface area contributed by atoms with Gasteiger partial charge >= 0.3 is 6.61 Å². The van der Waals surface area contributed by atoms with E-state index in [0.29, 0.717) is 13.1 Å². The lowest BCUT2D eigenvalue weighted by Gasteiger charge is -2.42. The van der Waals surface area contributed by atoms with Gasteiger partial charge in [0.25, 0.3) is 0 Å². The van der Waals surface area contributed by atoms with Crippen LogP contribution in [0.15, 0.2) is 48.5 Å². The molecule has 0 aliphatic carbocycles. The van der Waals surface area contributed by atoms with Crippen molar-refractivity contribution in [2.24, 2.45) is 5.41 Å². The Morgan fingerprint density at radius 3 is 2.75 bits per heavy atom. The average Bonchev–Trinajstić information content (AvgIpc) is 2.69. The van der Waals surface area contributed by atoms with Gasteiger partial charge in [-0.05, 0) is 49.6 Å². The molecule has 2 aromatic rings. The van der Waals surface area contributed by atoms with Crippen LogP contribution in [0.1, 0.15) is 24.0 Å². The fourth-order valence-electron chi connectivity index (χ4n) is 4.08. The molecule has 4 nitrogen and oxygen atoms in total. The molecular formula is C22H27F2NO3. The van der Waals surface area contributed by atoms with Gasteiger partial charge in [-0.2, -0.15) is 8.78 Å². The lowest BCUT2D eigenvalue weighted by atomic mass is 9.75. The van der Waals surface area contributed by atoms with E-state index in [9.17, 15) is 13.9 Å². The molecule has 3 rings (SSSR count). The average molecular weight is 391 g/mol. The van der Waals surface area contributed by atoms with E-state index < -0.39 is 6.61 Å². The molecule has 1 unspecified atom stereocenters. The maximum atomic E-state index is 12.7. The number of nitrogens with zero attached hydrogens (tertiary/aromatic N) is 1. The van der Waals surface area contributed by atoms with Crippen LogP contribution in [0.4, 0.5) is 8.78 Å².